The molecule has 1 saturated heterocycles. The van der Waals surface area contributed by atoms with Gasteiger partial charge in [0.1, 0.15) is 0 Å². The number of methoxy groups -OCH3 is 2. The summed E-state index contributed by atoms with van der Waals surface area (Å²) in [7, 11) is 3.28. The number of nitrogens with zero attached hydrogens (tertiary/aromatic N) is 2. The molecule has 6 heteroatoms. The van der Waals surface area contributed by atoms with Gasteiger partial charge in [-0.05, 0) is 70.3 Å². The third-order valence-corrected chi connectivity index (χ3v) is 5.02. The third-order valence-electron chi connectivity index (χ3n) is 5.02. The van der Waals surface area contributed by atoms with Crippen LogP contribution in [0.5, 0.6) is 11.5 Å². The van der Waals surface area contributed by atoms with Crippen molar-refractivity contribution in [2.45, 2.75) is 39.5 Å². The molecule has 1 aliphatic rings. The Morgan fingerprint density at radius 1 is 1.15 bits per heavy atom. The maximum absolute atomic E-state index is 5.37. The van der Waals surface area contributed by atoms with E-state index in [9.17, 15) is 0 Å². The predicted molar refractivity (Wildman–Crippen MR) is 113 cm³/mol. The van der Waals surface area contributed by atoms with Crippen LogP contribution in [0.2, 0.25) is 0 Å². The van der Waals surface area contributed by atoms with E-state index in [-0.39, 0.29) is 0 Å². The molecule has 6 nitrogen and oxygen atoms in total. The van der Waals surface area contributed by atoms with E-state index in [1.165, 1.54) is 38.9 Å². The highest BCUT2D eigenvalue weighted by molar-refractivity contribution is 5.93. The molecule has 1 fully saturated rings. The van der Waals surface area contributed by atoms with Crippen LogP contribution in [0.15, 0.2) is 23.2 Å². The summed E-state index contributed by atoms with van der Waals surface area (Å²) in [4.78, 5) is 7.30. The average Bonchev–Trinajstić information content (AvgIpc) is 2.69. The van der Waals surface area contributed by atoms with Crippen molar-refractivity contribution in [2.75, 3.05) is 52.3 Å². The van der Waals surface area contributed by atoms with Gasteiger partial charge in [0.05, 0.1) is 14.2 Å². The van der Waals surface area contributed by atoms with E-state index in [1.807, 2.05) is 18.2 Å². The number of likely N-dealkylation sites (tertiary alicyclic amines) is 1. The van der Waals surface area contributed by atoms with E-state index < -0.39 is 0 Å². The smallest absolute Gasteiger partial charge is 0.195 e. The number of rotatable bonds is 9. The van der Waals surface area contributed by atoms with Crippen LogP contribution < -0.4 is 20.1 Å². The van der Waals surface area contributed by atoms with Crippen LogP contribution in [0.3, 0.4) is 0 Å². The second-order valence-corrected chi connectivity index (χ2v) is 7.19. The number of anilines is 1. The second kappa shape index (κ2) is 11.7. The third kappa shape index (κ3) is 7.29. The van der Waals surface area contributed by atoms with Gasteiger partial charge in [-0.1, -0.05) is 6.92 Å². The second-order valence-electron chi connectivity index (χ2n) is 7.19. The molecule has 0 amide bonds. The predicted octanol–water partition coefficient (Wildman–Crippen LogP) is 3.59. The quantitative estimate of drug-likeness (QED) is 0.392. The zero-order valence-electron chi connectivity index (χ0n) is 17.4. The summed E-state index contributed by atoms with van der Waals surface area (Å²) in [6, 6.07) is 5.78. The number of ether oxygens (including phenoxy) is 2. The van der Waals surface area contributed by atoms with Gasteiger partial charge >= 0.3 is 0 Å². The van der Waals surface area contributed by atoms with Gasteiger partial charge in [-0.3, -0.25) is 4.99 Å². The first-order valence-electron chi connectivity index (χ1n) is 10.2. The monoisotopic (exact) mass is 376 g/mol. The highest BCUT2D eigenvalue weighted by Gasteiger charge is 2.14. The highest BCUT2D eigenvalue weighted by atomic mass is 16.5. The number of hydrogen-bond acceptors (Lipinski definition) is 4. The first-order chi connectivity index (χ1) is 13.2. The Kier molecular flexibility index (Phi) is 9.25. The molecule has 2 N–H and O–H groups in total. The molecule has 0 spiro atoms. The van der Waals surface area contributed by atoms with Crippen LogP contribution in [0, 0.1) is 5.92 Å². The molecule has 1 aromatic carbocycles. The molecule has 0 bridgehead atoms. The Bertz CT molecular complexity index is 584. The molecule has 27 heavy (non-hydrogen) atoms. The summed E-state index contributed by atoms with van der Waals surface area (Å²) >= 11 is 0. The van der Waals surface area contributed by atoms with Crippen LogP contribution in [0.1, 0.15) is 39.5 Å². The summed E-state index contributed by atoms with van der Waals surface area (Å²) in [5.74, 6) is 3.12. The standard InChI is InChI=1S/C21H36N4O2/c1-5-22-21(24-18-8-9-19(26-3)20(16-18)27-4)23-12-6-7-13-25-14-10-17(2)11-15-25/h8-9,16-17H,5-7,10-15H2,1-4H3,(H2,22,23,24). The molecule has 0 aliphatic carbocycles. The summed E-state index contributed by atoms with van der Waals surface area (Å²) in [5.41, 5.74) is 0.926. The Labute approximate surface area is 164 Å². The van der Waals surface area contributed by atoms with Crippen LogP contribution in [-0.2, 0) is 0 Å². The van der Waals surface area contributed by atoms with Crippen LogP contribution in [0.4, 0.5) is 5.69 Å². The fourth-order valence-electron chi connectivity index (χ4n) is 3.28. The fourth-order valence-corrected chi connectivity index (χ4v) is 3.28. The first-order valence-corrected chi connectivity index (χ1v) is 10.2. The molecule has 0 unspecified atom stereocenters. The van der Waals surface area contributed by atoms with Gasteiger partial charge in [0.2, 0.25) is 0 Å². The summed E-state index contributed by atoms with van der Waals surface area (Å²) in [5, 5.41) is 6.64. The molecule has 1 aromatic rings. The van der Waals surface area contributed by atoms with Gasteiger partial charge in [0.25, 0.3) is 0 Å². The molecule has 1 aliphatic heterocycles. The van der Waals surface area contributed by atoms with Crippen molar-refractivity contribution in [3.8, 4) is 11.5 Å². The van der Waals surface area contributed by atoms with Gasteiger partial charge in [-0.15, -0.1) is 0 Å². The summed E-state index contributed by atoms with van der Waals surface area (Å²) in [6.45, 7) is 9.80. The number of nitrogens with one attached hydrogen (secondary N) is 2. The number of benzene rings is 1. The van der Waals surface area contributed by atoms with E-state index in [0.29, 0.717) is 5.75 Å². The molecule has 0 saturated carbocycles. The minimum Gasteiger partial charge on any atom is -0.493 e. The van der Waals surface area contributed by atoms with Crippen molar-refractivity contribution in [2.24, 2.45) is 10.9 Å². The molecule has 1 heterocycles. The molecule has 152 valence electrons. The van der Waals surface area contributed by atoms with Crippen molar-refractivity contribution in [3.05, 3.63) is 18.2 Å². The van der Waals surface area contributed by atoms with E-state index >= 15 is 0 Å². The van der Waals surface area contributed by atoms with Crippen LogP contribution in [0.25, 0.3) is 0 Å². The normalized spacial score (nSPS) is 16.2. The van der Waals surface area contributed by atoms with Gasteiger partial charge in [-0.2, -0.15) is 0 Å². The van der Waals surface area contributed by atoms with Gasteiger partial charge in [-0.25, -0.2) is 0 Å². The summed E-state index contributed by atoms with van der Waals surface area (Å²) < 4.78 is 10.7. The Hall–Kier alpha value is -1.95. The Balaban J connectivity index is 1.80. The van der Waals surface area contributed by atoms with Crippen molar-refractivity contribution in [1.29, 1.82) is 0 Å². The van der Waals surface area contributed by atoms with Gasteiger partial charge in [0.15, 0.2) is 17.5 Å². The van der Waals surface area contributed by atoms with E-state index in [0.717, 1.165) is 42.8 Å². The van der Waals surface area contributed by atoms with Gasteiger partial charge in [0, 0.05) is 24.8 Å². The van der Waals surface area contributed by atoms with Gasteiger partial charge < -0.3 is 25.0 Å². The summed E-state index contributed by atoms with van der Waals surface area (Å²) in [6.07, 6.45) is 5.00. The lowest BCUT2D eigenvalue weighted by molar-refractivity contribution is 0.190. The van der Waals surface area contributed by atoms with Crippen molar-refractivity contribution < 1.29 is 9.47 Å². The maximum atomic E-state index is 5.37. The number of guanidine groups is 1. The fraction of sp³-hybridized carbons (Fsp3) is 0.667. The first kappa shape index (κ1) is 21.4. The van der Waals surface area contributed by atoms with E-state index in [1.54, 1.807) is 14.2 Å². The van der Waals surface area contributed by atoms with Crippen molar-refractivity contribution in [3.63, 3.8) is 0 Å². The molecular weight excluding hydrogens is 340 g/mol. The van der Waals surface area contributed by atoms with Crippen molar-refractivity contribution >= 4 is 11.6 Å². The lowest BCUT2D eigenvalue weighted by atomic mass is 9.99. The largest absolute Gasteiger partial charge is 0.493 e. The van der Waals surface area contributed by atoms with Crippen LogP contribution in [-0.4, -0.2) is 57.8 Å². The number of piperidine rings is 1. The Morgan fingerprint density at radius 3 is 2.56 bits per heavy atom. The molecule has 0 atom stereocenters. The zero-order chi connectivity index (χ0) is 19.5. The average molecular weight is 377 g/mol. The number of aliphatic imine (C=N–C) groups is 1. The molecule has 0 radical (unpaired) electrons. The lowest BCUT2D eigenvalue weighted by Gasteiger charge is -2.30. The van der Waals surface area contributed by atoms with Crippen molar-refractivity contribution in [1.82, 2.24) is 10.2 Å². The number of hydrogen-bond donors (Lipinski definition) is 2. The SMILES string of the molecule is CCNC(=NCCCCN1CCC(C)CC1)Nc1ccc(OC)c(OC)c1. The maximum Gasteiger partial charge on any atom is 0.195 e. The minimum absolute atomic E-state index is 0.703. The van der Waals surface area contributed by atoms with E-state index in [2.05, 4.69) is 29.4 Å². The van der Waals surface area contributed by atoms with Crippen LogP contribution >= 0.6 is 0 Å². The van der Waals surface area contributed by atoms with E-state index in [4.69, 9.17) is 14.5 Å². The number of unbranched alkanes of at least 4 members (excludes halogenated alkanes) is 1. The highest BCUT2D eigenvalue weighted by Crippen LogP contribution is 2.29. The topological polar surface area (TPSA) is 58.1 Å². The Morgan fingerprint density at radius 2 is 1.89 bits per heavy atom. The molecule has 0 aromatic heterocycles. The lowest BCUT2D eigenvalue weighted by Crippen LogP contribution is -2.33. The minimum atomic E-state index is 0.703. The zero-order valence-corrected chi connectivity index (χ0v) is 17.4. The molecule has 2 rings (SSSR count). The molecular formula is C21H36N4O2.